The Bertz CT molecular complexity index is 845. The highest BCUT2D eigenvalue weighted by Gasteiger charge is 2.17. The van der Waals surface area contributed by atoms with Crippen LogP contribution < -0.4 is 33.4 Å². The number of anilines is 1. The summed E-state index contributed by atoms with van der Waals surface area (Å²) >= 11 is 1.63. The number of rotatable bonds is 3. The lowest BCUT2D eigenvalue weighted by atomic mass is 10.2. The summed E-state index contributed by atoms with van der Waals surface area (Å²) in [6, 6.07) is 17.2. The van der Waals surface area contributed by atoms with Gasteiger partial charge in [0.15, 0.2) is 0 Å². The van der Waals surface area contributed by atoms with Crippen LogP contribution in [0.25, 0.3) is 10.1 Å². The summed E-state index contributed by atoms with van der Waals surface area (Å²) in [5.74, 6) is 0.732. The number of hydrogen-bond acceptors (Lipinski definition) is 7. The standard InChI is InChI=1S/C15H13N3OS.ClHO4/c1-18-14(12-9-5-6-10-13(12)20-18)16-17-15(19)11-7-3-2-4-8-11;2-1(3,4)5/h2-10H,1H3,(H,17,19);(H,2,3,4,5). The topological polar surface area (TPSA) is 137 Å². The first-order valence-electron chi connectivity index (χ1n) is 6.87. The average Bonchev–Trinajstić information content (AvgIpc) is 2.87. The molecule has 3 rings (SSSR count). The molecule has 0 spiro atoms. The van der Waals surface area contributed by atoms with Crippen molar-refractivity contribution in [3.05, 3.63) is 60.2 Å². The van der Waals surface area contributed by atoms with E-state index in [1.807, 2.05) is 47.4 Å². The van der Waals surface area contributed by atoms with Gasteiger partial charge < -0.3 is 0 Å². The van der Waals surface area contributed by atoms with E-state index in [9.17, 15) is 4.79 Å². The normalized spacial score (nSPS) is 10.8. The van der Waals surface area contributed by atoms with Crippen LogP contribution in [0.5, 0.6) is 0 Å². The van der Waals surface area contributed by atoms with Crippen LogP contribution in [-0.2, 0) is 7.05 Å². The fourth-order valence-corrected chi connectivity index (χ4v) is 2.96. The van der Waals surface area contributed by atoms with Crippen molar-refractivity contribution in [2.45, 2.75) is 0 Å². The van der Waals surface area contributed by atoms with Crippen molar-refractivity contribution in [1.82, 2.24) is 5.43 Å². The molecule has 2 aromatic carbocycles. The summed E-state index contributed by atoms with van der Waals surface area (Å²) in [6.07, 6.45) is 0. The van der Waals surface area contributed by atoms with Crippen molar-refractivity contribution in [1.29, 1.82) is 0 Å². The predicted octanol–water partition coefficient (Wildman–Crippen LogP) is -2.27. The van der Waals surface area contributed by atoms with Crippen molar-refractivity contribution in [2.24, 2.45) is 7.05 Å². The highest BCUT2D eigenvalue weighted by atomic mass is 35.7. The molecular formula is C15H14ClN3O5S. The molecule has 0 saturated carbocycles. The predicted molar refractivity (Wildman–Crippen MR) is 80.5 cm³/mol. The summed E-state index contributed by atoms with van der Waals surface area (Å²) in [6.45, 7) is 0. The SMILES string of the molecule is C[n+]1sc2ccccc2c1NNC(=O)c1ccccc1.[O-][Cl+3]([O-])([O-])[O-]. The van der Waals surface area contributed by atoms with Crippen LogP contribution in [-0.4, -0.2) is 5.91 Å². The molecule has 0 radical (unpaired) electrons. The lowest BCUT2D eigenvalue weighted by molar-refractivity contribution is -2.00. The molecule has 1 amide bonds. The Balaban J connectivity index is 0.000000399. The van der Waals surface area contributed by atoms with Gasteiger partial charge in [-0.3, -0.25) is 4.79 Å². The number of halogens is 1. The summed E-state index contributed by atoms with van der Waals surface area (Å²) in [5.41, 5.74) is 6.37. The number of hydrazine groups is 1. The maximum absolute atomic E-state index is 12.0. The smallest absolute Gasteiger partial charge is 0.266 e. The van der Waals surface area contributed by atoms with Crippen LogP contribution in [0.4, 0.5) is 5.82 Å². The Labute approximate surface area is 149 Å². The fraction of sp³-hybridized carbons (Fsp3) is 0.0667. The van der Waals surface area contributed by atoms with E-state index in [-0.39, 0.29) is 5.91 Å². The van der Waals surface area contributed by atoms with E-state index < -0.39 is 10.2 Å². The Morgan fingerprint density at radius 3 is 2.20 bits per heavy atom. The number of benzene rings is 2. The Morgan fingerprint density at radius 1 is 1.00 bits per heavy atom. The largest absolute Gasteiger partial charge is 0.317 e. The molecule has 0 aliphatic heterocycles. The average molecular weight is 384 g/mol. The first kappa shape index (κ1) is 19.1. The molecule has 0 fully saturated rings. The molecule has 0 aliphatic rings. The molecule has 3 aromatic rings. The molecule has 0 atom stereocenters. The fourth-order valence-electron chi connectivity index (χ4n) is 2.03. The van der Waals surface area contributed by atoms with Crippen LogP contribution in [0.15, 0.2) is 54.6 Å². The van der Waals surface area contributed by atoms with Gasteiger partial charge in [0, 0.05) is 17.1 Å². The van der Waals surface area contributed by atoms with Gasteiger partial charge in [-0.1, -0.05) is 30.3 Å². The highest BCUT2D eigenvalue weighted by Crippen LogP contribution is 2.23. The second-order valence-corrected chi connectivity index (χ2v) is 6.68. The first-order valence-corrected chi connectivity index (χ1v) is 8.87. The van der Waals surface area contributed by atoms with Crippen molar-refractivity contribution in [3.8, 4) is 0 Å². The lowest BCUT2D eigenvalue weighted by Crippen LogP contribution is -2.68. The third-order valence-corrected chi connectivity index (χ3v) is 4.03. The molecule has 10 heteroatoms. The maximum atomic E-state index is 12.0. The van der Waals surface area contributed by atoms with Gasteiger partial charge in [0.25, 0.3) is 5.91 Å². The zero-order valence-corrected chi connectivity index (χ0v) is 14.5. The molecule has 0 bridgehead atoms. The van der Waals surface area contributed by atoms with Crippen LogP contribution in [0.1, 0.15) is 10.4 Å². The zero-order valence-electron chi connectivity index (χ0n) is 13.0. The number of aromatic nitrogens is 1. The third kappa shape index (κ3) is 5.94. The van der Waals surface area contributed by atoms with Gasteiger partial charge in [-0.25, -0.2) is 18.6 Å². The molecular weight excluding hydrogens is 370 g/mol. The van der Waals surface area contributed by atoms with Crippen molar-refractivity contribution < 1.29 is 37.6 Å². The van der Waals surface area contributed by atoms with Gasteiger partial charge in [-0.05, 0) is 24.3 Å². The number of fused-ring (bicyclic) bond motifs is 1. The van der Waals surface area contributed by atoms with E-state index in [1.54, 1.807) is 23.7 Å². The van der Waals surface area contributed by atoms with Gasteiger partial charge in [0.2, 0.25) is 0 Å². The van der Waals surface area contributed by atoms with Crippen molar-refractivity contribution in [2.75, 3.05) is 5.43 Å². The summed E-state index contributed by atoms with van der Waals surface area (Å²) in [7, 11) is -2.98. The van der Waals surface area contributed by atoms with Gasteiger partial charge in [0.05, 0.1) is 17.1 Å². The van der Waals surface area contributed by atoms with E-state index in [1.165, 1.54) is 4.70 Å². The number of amides is 1. The molecule has 0 unspecified atom stereocenters. The van der Waals surface area contributed by atoms with Crippen LogP contribution in [0.2, 0.25) is 0 Å². The molecule has 0 saturated heterocycles. The van der Waals surface area contributed by atoms with E-state index in [0.29, 0.717) is 5.56 Å². The van der Waals surface area contributed by atoms with E-state index in [0.717, 1.165) is 11.2 Å². The van der Waals surface area contributed by atoms with E-state index in [2.05, 4.69) is 16.9 Å². The number of nitrogens with one attached hydrogen (secondary N) is 2. The third-order valence-electron chi connectivity index (χ3n) is 3.02. The van der Waals surface area contributed by atoms with Gasteiger partial charge in [0.1, 0.15) is 0 Å². The maximum Gasteiger partial charge on any atom is 0.317 e. The molecule has 1 heterocycles. The van der Waals surface area contributed by atoms with Gasteiger partial charge in [-0.15, -0.1) is 10.2 Å². The Kier molecular flexibility index (Phi) is 6.26. The summed E-state index contributed by atoms with van der Waals surface area (Å²) in [4.78, 5) is 12.0. The van der Waals surface area contributed by atoms with Crippen molar-refractivity contribution in [3.63, 3.8) is 0 Å². The Hall–Kier alpha value is -2.27. The van der Waals surface area contributed by atoms with Crippen LogP contribution in [0.3, 0.4) is 0 Å². The molecule has 8 nitrogen and oxygen atoms in total. The monoisotopic (exact) mass is 383 g/mol. The van der Waals surface area contributed by atoms with Gasteiger partial charge in [-0.2, -0.15) is 14.8 Å². The number of hydrogen-bond donors (Lipinski definition) is 2. The highest BCUT2D eigenvalue weighted by molar-refractivity contribution is 7.09. The summed E-state index contributed by atoms with van der Waals surface area (Å²) < 4.78 is 37.1. The number of nitrogens with zero attached hydrogens (tertiary/aromatic N) is 1. The van der Waals surface area contributed by atoms with E-state index >= 15 is 0 Å². The second kappa shape index (κ2) is 8.21. The molecule has 1 aromatic heterocycles. The Morgan fingerprint density at radius 2 is 1.56 bits per heavy atom. The quantitative estimate of drug-likeness (QED) is 0.386. The van der Waals surface area contributed by atoms with Crippen LogP contribution >= 0.6 is 11.5 Å². The van der Waals surface area contributed by atoms with Crippen molar-refractivity contribution >= 4 is 33.3 Å². The second-order valence-electron chi connectivity index (χ2n) is 4.76. The number of aryl methyl sites for hydroxylation is 1. The van der Waals surface area contributed by atoms with Crippen LogP contribution in [0, 0.1) is 10.2 Å². The van der Waals surface area contributed by atoms with E-state index in [4.69, 9.17) is 18.6 Å². The zero-order chi connectivity index (χ0) is 18.4. The number of carbonyl (C=O) groups is 1. The lowest BCUT2D eigenvalue weighted by Gasteiger charge is -2.17. The molecule has 132 valence electrons. The minimum absolute atomic E-state index is 0.152. The molecule has 25 heavy (non-hydrogen) atoms. The van der Waals surface area contributed by atoms with Gasteiger partial charge >= 0.3 is 5.82 Å². The number of carbonyl (C=O) groups excluding carboxylic acids is 1. The first-order chi connectivity index (χ1) is 11.8. The summed E-state index contributed by atoms with van der Waals surface area (Å²) in [5, 5.41) is 1.09. The minimum atomic E-state index is -4.94. The molecule has 2 N–H and O–H groups in total. The minimum Gasteiger partial charge on any atom is -0.266 e. The molecule has 0 aliphatic carbocycles.